The van der Waals surface area contributed by atoms with Gasteiger partial charge < -0.3 is 14.4 Å². The maximum Gasteiger partial charge on any atom is 0.216 e. The van der Waals surface area contributed by atoms with Crippen LogP contribution >= 0.6 is 12.2 Å². The van der Waals surface area contributed by atoms with Gasteiger partial charge in [0.1, 0.15) is 0 Å². The lowest BCUT2D eigenvalue weighted by molar-refractivity contribution is 0.354. The van der Waals surface area contributed by atoms with Crippen LogP contribution in [0.25, 0.3) is 11.4 Å². The molecule has 0 fully saturated rings. The largest absolute Gasteiger partial charge is 0.493 e. The van der Waals surface area contributed by atoms with Gasteiger partial charge in [0, 0.05) is 30.9 Å². The lowest BCUT2D eigenvalue weighted by Crippen LogP contribution is -2.08. The summed E-state index contributed by atoms with van der Waals surface area (Å²) in [6, 6.07) is 13.6. The number of H-pyrrole nitrogens is 1. The van der Waals surface area contributed by atoms with Crippen molar-refractivity contribution in [3.8, 4) is 22.9 Å². The molecule has 1 aromatic heterocycles. The van der Waals surface area contributed by atoms with Gasteiger partial charge in [0.2, 0.25) is 4.77 Å². The van der Waals surface area contributed by atoms with Gasteiger partial charge in [-0.25, -0.2) is 5.10 Å². The molecule has 27 heavy (non-hydrogen) atoms. The molecule has 0 saturated carbocycles. The quantitative estimate of drug-likeness (QED) is 0.521. The Morgan fingerprint density at radius 2 is 1.85 bits per heavy atom. The molecule has 2 aromatic carbocycles. The fourth-order valence-corrected chi connectivity index (χ4v) is 2.81. The molecule has 0 aliphatic carbocycles. The van der Waals surface area contributed by atoms with E-state index in [4.69, 9.17) is 21.7 Å². The van der Waals surface area contributed by atoms with Gasteiger partial charge in [0.05, 0.1) is 20.4 Å². The van der Waals surface area contributed by atoms with Crippen molar-refractivity contribution in [2.24, 2.45) is 5.10 Å². The van der Waals surface area contributed by atoms with Gasteiger partial charge in [-0.1, -0.05) is 6.07 Å². The Labute approximate surface area is 162 Å². The molecule has 0 saturated heterocycles. The van der Waals surface area contributed by atoms with Crippen LogP contribution in [0, 0.1) is 4.77 Å². The molecule has 0 unspecified atom stereocenters. The highest BCUT2D eigenvalue weighted by Gasteiger charge is 2.10. The van der Waals surface area contributed by atoms with E-state index >= 15 is 0 Å². The molecule has 0 amide bonds. The summed E-state index contributed by atoms with van der Waals surface area (Å²) >= 11 is 5.33. The van der Waals surface area contributed by atoms with Crippen molar-refractivity contribution in [1.29, 1.82) is 0 Å². The van der Waals surface area contributed by atoms with Crippen LogP contribution in [0.4, 0.5) is 5.69 Å². The van der Waals surface area contributed by atoms with Crippen molar-refractivity contribution in [2.75, 3.05) is 33.2 Å². The molecular formula is C19H21N5O2S. The number of ether oxygens (including phenoxy) is 2. The van der Waals surface area contributed by atoms with E-state index in [1.165, 1.54) is 0 Å². The zero-order valence-corrected chi connectivity index (χ0v) is 16.4. The maximum atomic E-state index is 5.44. The maximum absolute atomic E-state index is 5.44. The van der Waals surface area contributed by atoms with E-state index < -0.39 is 0 Å². The summed E-state index contributed by atoms with van der Waals surface area (Å²) in [5, 5.41) is 11.6. The van der Waals surface area contributed by atoms with E-state index in [-0.39, 0.29) is 0 Å². The van der Waals surface area contributed by atoms with Gasteiger partial charge >= 0.3 is 0 Å². The van der Waals surface area contributed by atoms with Gasteiger partial charge in [-0.3, -0.25) is 0 Å². The Morgan fingerprint density at radius 1 is 1.11 bits per heavy atom. The molecule has 0 radical (unpaired) electrons. The summed E-state index contributed by atoms with van der Waals surface area (Å²) in [6.07, 6.45) is 1.67. The lowest BCUT2D eigenvalue weighted by Gasteiger charge is -2.12. The van der Waals surface area contributed by atoms with Gasteiger partial charge in [-0.2, -0.15) is 14.9 Å². The molecule has 1 heterocycles. The monoisotopic (exact) mass is 383 g/mol. The Bertz CT molecular complexity index is 1010. The van der Waals surface area contributed by atoms with E-state index in [0.29, 0.717) is 22.1 Å². The molecule has 0 bridgehead atoms. The van der Waals surface area contributed by atoms with Gasteiger partial charge in [0.25, 0.3) is 0 Å². The highest BCUT2D eigenvalue weighted by atomic mass is 32.1. The Kier molecular flexibility index (Phi) is 5.56. The normalized spacial score (nSPS) is 11.0. The summed E-state index contributed by atoms with van der Waals surface area (Å²) in [5.74, 6) is 1.87. The minimum Gasteiger partial charge on any atom is -0.493 e. The predicted octanol–water partition coefficient (Wildman–Crippen LogP) is 3.57. The van der Waals surface area contributed by atoms with Gasteiger partial charge in [-0.15, -0.1) is 0 Å². The summed E-state index contributed by atoms with van der Waals surface area (Å²) in [5.41, 5.74) is 2.78. The predicted molar refractivity (Wildman–Crippen MR) is 110 cm³/mol. The number of hydrogen-bond acceptors (Lipinski definition) is 6. The van der Waals surface area contributed by atoms with Gasteiger partial charge in [0.15, 0.2) is 17.3 Å². The molecule has 0 aliphatic heterocycles. The zero-order chi connectivity index (χ0) is 19.4. The van der Waals surface area contributed by atoms with Crippen LogP contribution in [0.2, 0.25) is 0 Å². The molecule has 7 nitrogen and oxygen atoms in total. The molecule has 140 valence electrons. The number of hydrogen-bond donors (Lipinski definition) is 1. The van der Waals surface area contributed by atoms with Crippen molar-refractivity contribution >= 4 is 24.1 Å². The first-order valence-electron chi connectivity index (χ1n) is 8.25. The first-order chi connectivity index (χ1) is 13.0. The second kappa shape index (κ2) is 8.05. The zero-order valence-electron chi connectivity index (χ0n) is 15.6. The number of benzene rings is 2. The van der Waals surface area contributed by atoms with Crippen LogP contribution in [-0.4, -0.2) is 49.4 Å². The summed E-state index contributed by atoms with van der Waals surface area (Å²) < 4.78 is 12.7. The Hall–Kier alpha value is -3.13. The minimum absolute atomic E-state index is 0.403. The SMILES string of the molecule is COc1cccc(/C=N\n2c(-c3ccc(N(C)C)cc3)n[nH]c2=S)c1OC. The van der Waals surface area contributed by atoms with Crippen molar-refractivity contribution in [1.82, 2.24) is 14.9 Å². The first kappa shape index (κ1) is 18.7. The van der Waals surface area contributed by atoms with Crippen molar-refractivity contribution < 1.29 is 9.47 Å². The second-order valence-corrected chi connectivity index (χ2v) is 6.32. The molecule has 0 aliphatic rings. The lowest BCUT2D eigenvalue weighted by atomic mass is 10.2. The van der Waals surface area contributed by atoms with Crippen LogP contribution in [0.1, 0.15) is 5.56 Å². The molecular weight excluding hydrogens is 362 g/mol. The van der Waals surface area contributed by atoms with Crippen molar-refractivity contribution in [2.45, 2.75) is 0 Å². The molecule has 3 aromatic rings. The topological polar surface area (TPSA) is 67.7 Å². The molecule has 0 spiro atoms. The number of aromatic nitrogens is 3. The van der Waals surface area contributed by atoms with Crippen molar-refractivity contribution in [3.05, 3.63) is 52.8 Å². The summed E-state index contributed by atoms with van der Waals surface area (Å²) in [7, 11) is 7.19. The smallest absolute Gasteiger partial charge is 0.216 e. The number of methoxy groups -OCH3 is 2. The minimum atomic E-state index is 0.403. The van der Waals surface area contributed by atoms with Crippen molar-refractivity contribution in [3.63, 3.8) is 0 Å². The molecule has 3 rings (SSSR count). The third-order valence-electron chi connectivity index (χ3n) is 4.04. The number of nitrogens with zero attached hydrogens (tertiary/aromatic N) is 4. The molecule has 0 atom stereocenters. The standard InChI is InChI=1S/C19H21N5O2S/c1-23(2)15-10-8-13(9-11-15)18-21-22-19(27)24(18)20-12-14-6-5-7-16(25-3)17(14)26-4/h5-12H,1-4H3,(H,22,27)/b20-12-. The average molecular weight is 383 g/mol. The molecule has 1 N–H and O–H groups in total. The van der Waals surface area contributed by atoms with E-state index in [1.807, 2.05) is 61.5 Å². The van der Waals surface area contributed by atoms with E-state index in [2.05, 4.69) is 15.3 Å². The molecule has 8 heteroatoms. The van der Waals surface area contributed by atoms with E-state index in [9.17, 15) is 0 Å². The number of aromatic amines is 1. The Balaban J connectivity index is 1.99. The van der Waals surface area contributed by atoms with Crippen LogP contribution < -0.4 is 14.4 Å². The highest BCUT2D eigenvalue weighted by molar-refractivity contribution is 7.71. The number of rotatable bonds is 6. The highest BCUT2D eigenvalue weighted by Crippen LogP contribution is 2.29. The van der Waals surface area contributed by atoms with Crippen LogP contribution in [0.3, 0.4) is 0 Å². The van der Waals surface area contributed by atoms with Gasteiger partial charge in [-0.05, 0) is 48.6 Å². The first-order valence-corrected chi connectivity index (χ1v) is 8.66. The third kappa shape index (κ3) is 3.85. The average Bonchev–Trinajstić information content (AvgIpc) is 3.06. The number of anilines is 1. The van der Waals surface area contributed by atoms with E-state index in [1.54, 1.807) is 25.1 Å². The summed E-state index contributed by atoms with van der Waals surface area (Å²) in [6.45, 7) is 0. The van der Waals surface area contributed by atoms with Crippen LogP contribution in [0.15, 0.2) is 47.6 Å². The fraction of sp³-hybridized carbons (Fsp3) is 0.211. The Morgan fingerprint density at radius 3 is 2.48 bits per heavy atom. The van der Waals surface area contributed by atoms with Crippen LogP contribution in [-0.2, 0) is 0 Å². The third-order valence-corrected chi connectivity index (χ3v) is 4.30. The second-order valence-electron chi connectivity index (χ2n) is 5.93. The summed E-state index contributed by atoms with van der Waals surface area (Å²) in [4.78, 5) is 2.04. The fourth-order valence-electron chi connectivity index (χ4n) is 2.63. The van der Waals surface area contributed by atoms with E-state index in [0.717, 1.165) is 16.8 Å². The number of para-hydroxylation sites is 1. The number of nitrogens with one attached hydrogen (secondary N) is 1. The van der Waals surface area contributed by atoms with Crippen LogP contribution in [0.5, 0.6) is 11.5 Å².